The lowest BCUT2D eigenvalue weighted by Crippen LogP contribution is -2.71. The molecular formula is C19H28F2N4O10. The molecule has 16 heteroatoms. The van der Waals surface area contributed by atoms with Crippen LogP contribution in [0, 0.1) is 0 Å². The second-order valence-corrected chi connectivity index (χ2v) is 7.42. The van der Waals surface area contributed by atoms with Gasteiger partial charge in [-0.3, -0.25) is 19.2 Å². The summed E-state index contributed by atoms with van der Waals surface area (Å²) in [5, 5.41) is 2.26. The molecule has 0 unspecified atom stereocenters. The summed E-state index contributed by atoms with van der Waals surface area (Å²) >= 11 is 0. The minimum absolute atomic E-state index is 0.733. The van der Waals surface area contributed by atoms with Crippen molar-refractivity contribution >= 4 is 35.7 Å². The van der Waals surface area contributed by atoms with Crippen molar-refractivity contribution in [3.05, 3.63) is 0 Å². The predicted molar refractivity (Wildman–Crippen MR) is 111 cm³/mol. The van der Waals surface area contributed by atoms with Crippen molar-refractivity contribution < 1.29 is 56.4 Å². The van der Waals surface area contributed by atoms with Crippen LogP contribution in [0.1, 0.15) is 27.7 Å². The molecule has 0 aromatic rings. The number of amides is 1. The molecule has 35 heavy (non-hydrogen) atoms. The van der Waals surface area contributed by atoms with E-state index in [1.54, 1.807) is 0 Å². The van der Waals surface area contributed by atoms with E-state index in [9.17, 15) is 24.0 Å². The van der Waals surface area contributed by atoms with Crippen LogP contribution in [0.4, 0.5) is 8.78 Å². The van der Waals surface area contributed by atoms with Gasteiger partial charge in [-0.25, -0.2) is 14.2 Å². The molecule has 0 spiro atoms. The van der Waals surface area contributed by atoms with Gasteiger partial charge in [-0.15, -0.1) is 0 Å². The van der Waals surface area contributed by atoms with Gasteiger partial charge in [0.2, 0.25) is 5.91 Å². The Bertz CT molecular complexity index is 869. The average molecular weight is 510 g/mol. The standard InChI is InChI=1S/C19H28F2N4O10/c1-7(26)24-12-13(25-18(22)23)16(20)19(21,17(30)31-5)35-15(12)14(34-10(4)29)11(33-9(3)28)6-32-8(2)27/h11-16H,6H2,1-5H3,(H,24,26)(H4,22,23,25)/t11-,12+,13+,14-,15+,16+,19+/m0/s1. The molecule has 0 aromatic carbocycles. The summed E-state index contributed by atoms with van der Waals surface area (Å²) < 4.78 is 55.5. The minimum atomic E-state index is -3.86. The molecule has 5 N–H and O–H groups in total. The summed E-state index contributed by atoms with van der Waals surface area (Å²) in [6.07, 6.45) is -8.45. The van der Waals surface area contributed by atoms with Crippen LogP contribution in [0.2, 0.25) is 0 Å². The number of alkyl halides is 2. The Morgan fingerprint density at radius 2 is 1.63 bits per heavy atom. The Labute approximate surface area is 198 Å². The second-order valence-electron chi connectivity index (χ2n) is 7.42. The van der Waals surface area contributed by atoms with E-state index < -0.39 is 84.8 Å². The van der Waals surface area contributed by atoms with Gasteiger partial charge in [0.05, 0.1) is 13.2 Å². The van der Waals surface area contributed by atoms with Crippen LogP contribution in [0.15, 0.2) is 4.99 Å². The van der Waals surface area contributed by atoms with Gasteiger partial charge >= 0.3 is 29.7 Å². The molecule has 0 radical (unpaired) electrons. The van der Waals surface area contributed by atoms with Crippen LogP contribution in [0.3, 0.4) is 0 Å². The van der Waals surface area contributed by atoms with Gasteiger partial charge in [0.15, 0.2) is 24.3 Å². The highest BCUT2D eigenvalue weighted by molar-refractivity contribution is 5.80. The summed E-state index contributed by atoms with van der Waals surface area (Å²) in [6.45, 7) is 3.19. The first-order valence-corrected chi connectivity index (χ1v) is 10.1. The molecule has 14 nitrogen and oxygen atoms in total. The summed E-state index contributed by atoms with van der Waals surface area (Å²) in [4.78, 5) is 62.6. The van der Waals surface area contributed by atoms with Crippen LogP contribution in [-0.2, 0) is 47.7 Å². The highest BCUT2D eigenvalue weighted by Gasteiger charge is 2.64. The molecule has 1 rings (SSSR count). The quantitative estimate of drug-likeness (QED) is 0.135. The van der Waals surface area contributed by atoms with Crippen LogP contribution in [0.5, 0.6) is 0 Å². The van der Waals surface area contributed by atoms with E-state index in [0.717, 1.165) is 34.8 Å². The largest absolute Gasteiger partial charge is 0.465 e. The maximum absolute atomic E-state index is 15.7. The highest BCUT2D eigenvalue weighted by Crippen LogP contribution is 2.39. The molecule has 1 fully saturated rings. The molecule has 0 bridgehead atoms. The maximum atomic E-state index is 15.7. The first kappa shape index (κ1) is 29.5. The lowest BCUT2D eigenvalue weighted by atomic mass is 9.86. The normalized spacial score (nSPS) is 27.4. The van der Waals surface area contributed by atoms with Crippen molar-refractivity contribution in [2.45, 2.75) is 70.1 Å². The van der Waals surface area contributed by atoms with Gasteiger partial charge in [0, 0.05) is 27.7 Å². The van der Waals surface area contributed by atoms with E-state index >= 15 is 8.78 Å². The lowest BCUT2D eigenvalue weighted by Gasteiger charge is -2.47. The fourth-order valence-electron chi connectivity index (χ4n) is 3.38. The fourth-order valence-corrected chi connectivity index (χ4v) is 3.38. The zero-order chi connectivity index (χ0) is 27.1. The Balaban J connectivity index is 3.78. The number of guanidine groups is 1. The van der Waals surface area contributed by atoms with Crippen LogP contribution in [0.25, 0.3) is 0 Å². The van der Waals surface area contributed by atoms with Gasteiger partial charge in [-0.1, -0.05) is 0 Å². The van der Waals surface area contributed by atoms with Crippen LogP contribution in [-0.4, -0.2) is 91.9 Å². The number of hydrogen-bond acceptors (Lipinski definition) is 11. The summed E-state index contributed by atoms with van der Waals surface area (Å²) in [5.74, 6) is -10.1. The summed E-state index contributed by atoms with van der Waals surface area (Å²) in [7, 11) is 0.746. The topological polar surface area (TPSA) is 208 Å². The number of nitrogens with zero attached hydrogens (tertiary/aromatic N) is 1. The number of halogens is 2. The molecule has 198 valence electrons. The SMILES string of the molecule is COC(=O)[C@]1(F)O[C@@H]([C@@H](OC(C)=O)[C@H](COC(C)=O)OC(C)=O)[C@H](NC(C)=O)[C@@H](N=C(N)N)[C@H]1F. The Hall–Kier alpha value is -3.56. The zero-order valence-corrected chi connectivity index (χ0v) is 19.6. The van der Waals surface area contributed by atoms with Crippen molar-refractivity contribution in [3.8, 4) is 0 Å². The van der Waals surface area contributed by atoms with Crippen LogP contribution >= 0.6 is 0 Å². The number of carbonyl (C=O) groups excluding carboxylic acids is 5. The number of carbonyl (C=O) groups is 5. The third-order valence-corrected chi connectivity index (χ3v) is 4.58. The minimum Gasteiger partial charge on any atom is -0.465 e. The number of aliphatic imine (C=N–C) groups is 1. The fraction of sp³-hybridized carbons (Fsp3) is 0.684. The first-order valence-electron chi connectivity index (χ1n) is 10.1. The molecule has 0 aromatic heterocycles. The van der Waals surface area contributed by atoms with Crippen molar-refractivity contribution in [1.29, 1.82) is 0 Å². The lowest BCUT2D eigenvalue weighted by molar-refractivity contribution is -0.280. The molecular weight excluding hydrogens is 482 g/mol. The average Bonchev–Trinajstić information content (AvgIpc) is 2.73. The van der Waals surface area contributed by atoms with Crippen molar-refractivity contribution in [2.75, 3.05) is 13.7 Å². The van der Waals surface area contributed by atoms with E-state index in [4.69, 9.17) is 30.4 Å². The number of rotatable bonds is 9. The highest BCUT2D eigenvalue weighted by atomic mass is 19.2. The number of ether oxygens (including phenoxy) is 5. The Morgan fingerprint density at radius 3 is 2.06 bits per heavy atom. The zero-order valence-electron chi connectivity index (χ0n) is 19.6. The molecule has 7 atom stereocenters. The number of methoxy groups -OCH3 is 1. The van der Waals surface area contributed by atoms with Gasteiger partial charge in [0.1, 0.15) is 18.8 Å². The van der Waals surface area contributed by atoms with E-state index in [0.29, 0.717) is 0 Å². The van der Waals surface area contributed by atoms with Gasteiger partial charge in [-0.05, 0) is 0 Å². The maximum Gasteiger partial charge on any atom is 0.375 e. The number of nitrogens with one attached hydrogen (secondary N) is 1. The third-order valence-electron chi connectivity index (χ3n) is 4.58. The molecule has 1 amide bonds. The van der Waals surface area contributed by atoms with Gasteiger partial charge in [0.25, 0.3) is 0 Å². The van der Waals surface area contributed by atoms with Gasteiger partial charge in [-0.2, -0.15) is 4.39 Å². The van der Waals surface area contributed by atoms with Crippen molar-refractivity contribution in [1.82, 2.24) is 5.32 Å². The third kappa shape index (κ3) is 7.73. The Morgan fingerprint density at radius 1 is 1.06 bits per heavy atom. The number of nitrogens with two attached hydrogens (primary N) is 2. The summed E-state index contributed by atoms with van der Waals surface area (Å²) in [5.41, 5.74) is 10.7. The summed E-state index contributed by atoms with van der Waals surface area (Å²) in [6, 6.07) is -3.71. The molecule has 1 aliphatic heterocycles. The molecule has 1 aliphatic rings. The molecule has 1 saturated heterocycles. The van der Waals surface area contributed by atoms with E-state index in [1.807, 2.05) is 0 Å². The van der Waals surface area contributed by atoms with Gasteiger partial charge < -0.3 is 40.5 Å². The smallest absolute Gasteiger partial charge is 0.375 e. The molecule has 0 aliphatic carbocycles. The second kappa shape index (κ2) is 12.2. The molecule has 0 saturated carbocycles. The van der Waals surface area contributed by atoms with E-state index in [2.05, 4.69) is 15.0 Å². The van der Waals surface area contributed by atoms with Crippen molar-refractivity contribution in [2.24, 2.45) is 16.5 Å². The van der Waals surface area contributed by atoms with E-state index in [1.165, 1.54) is 0 Å². The monoisotopic (exact) mass is 510 g/mol. The first-order chi connectivity index (χ1) is 16.1. The van der Waals surface area contributed by atoms with Crippen molar-refractivity contribution in [3.63, 3.8) is 0 Å². The van der Waals surface area contributed by atoms with E-state index in [-0.39, 0.29) is 0 Å². The molecule has 1 heterocycles. The number of hydrogen-bond donors (Lipinski definition) is 3. The van der Waals surface area contributed by atoms with Crippen LogP contribution < -0.4 is 16.8 Å². The Kier molecular flexibility index (Phi) is 10.3. The number of esters is 4. The predicted octanol–water partition coefficient (Wildman–Crippen LogP) is -1.86.